The fraction of sp³-hybridized carbons (Fsp3) is 0.455. The Kier molecular flexibility index (Phi) is 6.30. The van der Waals surface area contributed by atoms with Gasteiger partial charge in [0.2, 0.25) is 0 Å². The van der Waals surface area contributed by atoms with Gasteiger partial charge in [-0.3, -0.25) is 0 Å². The molecule has 1 rings (SSSR count). The monoisotopic (exact) mass is 263 g/mol. The summed E-state index contributed by atoms with van der Waals surface area (Å²) in [6.07, 6.45) is 4.51. The Balaban J connectivity index is 2.33. The maximum atomic E-state index is 6.01. The average Bonchev–Trinajstić information content (AvgIpc) is 2.23. The fourth-order valence-electron chi connectivity index (χ4n) is 1.23. The molecule has 0 radical (unpaired) electrons. The van der Waals surface area contributed by atoms with Crippen molar-refractivity contribution in [3.8, 4) is 0 Å². The summed E-state index contributed by atoms with van der Waals surface area (Å²) in [4.78, 5) is 0. The first-order chi connectivity index (χ1) is 7.24. The molecule has 15 heavy (non-hydrogen) atoms. The predicted molar refractivity (Wildman–Crippen MR) is 72.6 cm³/mol. The number of anilines is 1. The number of thioether (sulfide) groups is 1. The first kappa shape index (κ1) is 13.0. The minimum Gasteiger partial charge on any atom is -0.384 e. The summed E-state index contributed by atoms with van der Waals surface area (Å²) >= 11 is 13.8. The summed E-state index contributed by atoms with van der Waals surface area (Å²) in [5.74, 6) is 1.21. The van der Waals surface area contributed by atoms with Crippen LogP contribution in [0.5, 0.6) is 0 Å². The van der Waals surface area contributed by atoms with E-state index >= 15 is 0 Å². The van der Waals surface area contributed by atoms with Crippen LogP contribution in [0.1, 0.15) is 12.8 Å². The van der Waals surface area contributed by atoms with Crippen molar-refractivity contribution in [2.24, 2.45) is 0 Å². The lowest BCUT2D eigenvalue weighted by atomic mass is 10.3. The fourth-order valence-corrected chi connectivity index (χ4v) is 2.08. The zero-order valence-corrected chi connectivity index (χ0v) is 11.1. The molecule has 1 N–H and O–H groups in total. The topological polar surface area (TPSA) is 12.0 Å². The van der Waals surface area contributed by atoms with E-state index in [-0.39, 0.29) is 0 Å². The molecule has 0 spiro atoms. The third-order valence-corrected chi connectivity index (χ3v) is 3.28. The van der Waals surface area contributed by atoms with Gasteiger partial charge in [0.15, 0.2) is 0 Å². The van der Waals surface area contributed by atoms with Crippen molar-refractivity contribution in [1.29, 1.82) is 0 Å². The van der Waals surface area contributed by atoms with E-state index in [0.29, 0.717) is 5.02 Å². The maximum absolute atomic E-state index is 6.01. The Morgan fingerprint density at radius 2 is 2.07 bits per heavy atom. The van der Waals surface area contributed by atoms with Crippen LogP contribution in [0.25, 0.3) is 0 Å². The molecule has 4 heteroatoms. The summed E-state index contributed by atoms with van der Waals surface area (Å²) in [6, 6.07) is 5.47. The summed E-state index contributed by atoms with van der Waals surface area (Å²) in [6.45, 7) is 0.945. The Morgan fingerprint density at radius 1 is 1.27 bits per heavy atom. The van der Waals surface area contributed by atoms with Gasteiger partial charge in [0.25, 0.3) is 0 Å². The zero-order chi connectivity index (χ0) is 11.1. The molecule has 0 aliphatic carbocycles. The van der Waals surface area contributed by atoms with E-state index in [4.69, 9.17) is 23.2 Å². The summed E-state index contributed by atoms with van der Waals surface area (Å²) in [5.41, 5.74) is 0.924. The number of halogens is 2. The van der Waals surface area contributed by atoms with Crippen molar-refractivity contribution in [2.45, 2.75) is 12.8 Å². The van der Waals surface area contributed by atoms with Crippen molar-refractivity contribution in [3.05, 3.63) is 28.2 Å². The van der Waals surface area contributed by atoms with E-state index in [1.54, 1.807) is 6.07 Å². The van der Waals surface area contributed by atoms with Crippen molar-refractivity contribution < 1.29 is 0 Å². The van der Waals surface area contributed by atoms with Gasteiger partial charge in [-0.05, 0) is 43.0 Å². The Labute approximate surface area is 106 Å². The lowest BCUT2D eigenvalue weighted by molar-refractivity contribution is 0.843. The molecule has 0 saturated carbocycles. The molecular weight excluding hydrogens is 249 g/mol. The van der Waals surface area contributed by atoms with Gasteiger partial charge in [-0.15, -0.1) is 0 Å². The molecule has 0 bridgehead atoms. The molecule has 84 valence electrons. The van der Waals surface area contributed by atoms with Gasteiger partial charge in [0.1, 0.15) is 0 Å². The van der Waals surface area contributed by atoms with Crippen LogP contribution < -0.4 is 5.32 Å². The molecule has 0 amide bonds. The van der Waals surface area contributed by atoms with E-state index in [1.807, 2.05) is 23.9 Å². The van der Waals surface area contributed by atoms with Crippen LogP contribution in [0.15, 0.2) is 18.2 Å². The van der Waals surface area contributed by atoms with Crippen LogP contribution in [0, 0.1) is 0 Å². The molecule has 0 fully saturated rings. The van der Waals surface area contributed by atoms with E-state index in [2.05, 4.69) is 11.6 Å². The standard InChI is InChI=1S/C11H15Cl2NS/c1-15-7-3-2-6-14-11-8-9(12)4-5-10(11)13/h4-5,8,14H,2-3,6-7H2,1H3. The van der Waals surface area contributed by atoms with E-state index in [0.717, 1.165) is 23.7 Å². The van der Waals surface area contributed by atoms with Gasteiger partial charge in [-0.2, -0.15) is 11.8 Å². The van der Waals surface area contributed by atoms with Gasteiger partial charge in [-0.25, -0.2) is 0 Å². The molecule has 1 aromatic rings. The lowest BCUT2D eigenvalue weighted by Crippen LogP contribution is -2.02. The molecular formula is C11H15Cl2NS. The third-order valence-electron chi connectivity index (χ3n) is 2.02. The second-order valence-corrected chi connectivity index (χ2v) is 5.08. The SMILES string of the molecule is CSCCCCNc1cc(Cl)ccc1Cl. The predicted octanol–water partition coefficient (Wildman–Crippen LogP) is 4.55. The normalized spacial score (nSPS) is 10.3. The van der Waals surface area contributed by atoms with Gasteiger partial charge in [0, 0.05) is 11.6 Å². The first-order valence-electron chi connectivity index (χ1n) is 4.92. The highest BCUT2D eigenvalue weighted by molar-refractivity contribution is 7.98. The third kappa shape index (κ3) is 5.01. The zero-order valence-electron chi connectivity index (χ0n) is 8.72. The minimum atomic E-state index is 0.714. The van der Waals surface area contributed by atoms with Gasteiger partial charge in [-0.1, -0.05) is 23.2 Å². The highest BCUT2D eigenvalue weighted by atomic mass is 35.5. The number of unbranched alkanes of at least 4 members (excludes halogenated alkanes) is 1. The van der Waals surface area contributed by atoms with Crippen LogP contribution in [0.3, 0.4) is 0 Å². The van der Waals surface area contributed by atoms with Gasteiger partial charge in [0.05, 0.1) is 10.7 Å². The van der Waals surface area contributed by atoms with Gasteiger partial charge < -0.3 is 5.32 Å². The maximum Gasteiger partial charge on any atom is 0.0638 e. The minimum absolute atomic E-state index is 0.714. The average molecular weight is 264 g/mol. The summed E-state index contributed by atoms with van der Waals surface area (Å²) in [5, 5.41) is 4.73. The van der Waals surface area contributed by atoms with E-state index in [9.17, 15) is 0 Å². The number of nitrogens with one attached hydrogen (secondary N) is 1. The van der Waals surface area contributed by atoms with Crippen LogP contribution in [-0.2, 0) is 0 Å². The lowest BCUT2D eigenvalue weighted by Gasteiger charge is -2.08. The van der Waals surface area contributed by atoms with Crippen molar-refractivity contribution in [3.63, 3.8) is 0 Å². The number of rotatable bonds is 6. The number of hydrogen-bond donors (Lipinski definition) is 1. The van der Waals surface area contributed by atoms with Gasteiger partial charge >= 0.3 is 0 Å². The van der Waals surface area contributed by atoms with Crippen LogP contribution >= 0.6 is 35.0 Å². The first-order valence-corrected chi connectivity index (χ1v) is 7.07. The molecule has 0 saturated heterocycles. The molecule has 0 aliphatic rings. The Bertz CT molecular complexity index is 305. The van der Waals surface area contributed by atoms with Crippen molar-refractivity contribution in [1.82, 2.24) is 0 Å². The molecule has 1 aromatic carbocycles. The second-order valence-electron chi connectivity index (χ2n) is 3.25. The number of benzene rings is 1. The van der Waals surface area contributed by atoms with Crippen molar-refractivity contribution in [2.75, 3.05) is 23.9 Å². The Hall–Kier alpha value is -0.0500. The second kappa shape index (κ2) is 7.26. The molecule has 0 aromatic heterocycles. The van der Waals surface area contributed by atoms with E-state index in [1.165, 1.54) is 12.2 Å². The highest BCUT2D eigenvalue weighted by Gasteiger charge is 1.99. The van der Waals surface area contributed by atoms with Crippen LogP contribution in [0.4, 0.5) is 5.69 Å². The molecule has 0 unspecified atom stereocenters. The largest absolute Gasteiger partial charge is 0.384 e. The quantitative estimate of drug-likeness (QED) is 0.756. The van der Waals surface area contributed by atoms with Crippen LogP contribution in [-0.4, -0.2) is 18.6 Å². The molecule has 0 atom stereocenters. The van der Waals surface area contributed by atoms with E-state index < -0.39 is 0 Å². The summed E-state index contributed by atoms with van der Waals surface area (Å²) < 4.78 is 0. The number of hydrogen-bond acceptors (Lipinski definition) is 2. The summed E-state index contributed by atoms with van der Waals surface area (Å²) in [7, 11) is 0. The molecule has 0 heterocycles. The Morgan fingerprint density at radius 3 is 2.80 bits per heavy atom. The highest BCUT2D eigenvalue weighted by Crippen LogP contribution is 2.25. The van der Waals surface area contributed by atoms with Crippen molar-refractivity contribution >= 4 is 40.7 Å². The van der Waals surface area contributed by atoms with Crippen LogP contribution in [0.2, 0.25) is 10.0 Å². The smallest absolute Gasteiger partial charge is 0.0638 e. The molecule has 1 nitrogen and oxygen atoms in total. The molecule has 0 aliphatic heterocycles.